The van der Waals surface area contributed by atoms with E-state index in [1.165, 1.54) is 12.6 Å². The first-order valence-corrected chi connectivity index (χ1v) is 4.73. The number of hydrogen-bond acceptors (Lipinski definition) is 4. The minimum Gasteiger partial charge on any atom is -0.428 e. The first-order chi connectivity index (χ1) is 6.84. The third-order valence-electron chi connectivity index (χ3n) is 2.33. The molecule has 2 heterocycles. The van der Waals surface area contributed by atoms with E-state index in [1.807, 2.05) is 0 Å². The Morgan fingerprint density at radius 2 is 2.71 bits per heavy atom. The number of aromatic nitrogens is 1. The Kier molecular flexibility index (Phi) is 2.78. The van der Waals surface area contributed by atoms with E-state index in [4.69, 9.17) is 4.42 Å². The summed E-state index contributed by atoms with van der Waals surface area (Å²) in [5.41, 5.74) is 0. The highest BCUT2D eigenvalue weighted by Gasteiger charge is 2.18. The zero-order chi connectivity index (χ0) is 9.80. The summed E-state index contributed by atoms with van der Waals surface area (Å²) in [5, 5.41) is 5.87. The highest BCUT2D eigenvalue weighted by molar-refractivity contribution is 5.89. The second-order valence-electron chi connectivity index (χ2n) is 3.48. The Balaban J connectivity index is 1.78. The molecule has 0 bridgehead atoms. The molecule has 76 valence electrons. The van der Waals surface area contributed by atoms with Gasteiger partial charge in [-0.3, -0.25) is 10.1 Å². The summed E-state index contributed by atoms with van der Waals surface area (Å²) >= 11 is 0. The van der Waals surface area contributed by atoms with Crippen molar-refractivity contribution in [2.75, 3.05) is 18.4 Å². The van der Waals surface area contributed by atoms with Crippen molar-refractivity contribution in [2.24, 2.45) is 5.92 Å². The zero-order valence-electron chi connectivity index (χ0n) is 7.82. The van der Waals surface area contributed by atoms with Crippen LogP contribution in [0.2, 0.25) is 0 Å². The van der Waals surface area contributed by atoms with Crippen LogP contribution in [-0.4, -0.2) is 24.0 Å². The van der Waals surface area contributed by atoms with Crippen LogP contribution in [0, 0.1) is 5.92 Å². The van der Waals surface area contributed by atoms with Gasteiger partial charge in [0.25, 0.3) is 0 Å². The van der Waals surface area contributed by atoms with E-state index in [2.05, 4.69) is 15.6 Å². The molecule has 1 aromatic heterocycles. The third-order valence-corrected chi connectivity index (χ3v) is 2.33. The van der Waals surface area contributed by atoms with Gasteiger partial charge in [0.15, 0.2) is 6.39 Å². The number of anilines is 1. The third kappa shape index (κ3) is 2.32. The second kappa shape index (κ2) is 4.23. The minimum atomic E-state index is -0.00421. The monoisotopic (exact) mass is 195 g/mol. The molecule has 1 atom stereocenters. The van der Waals surface area contributed by atoms with E-state index in [1.54, 1.807) is 0 Å². The summed E-state index contributed by atoms with van der Waals surface area (Å²) in [6.45, 7) is 1.95. The average Bonchev–Trinajstić information content (AvgIpc) is 2.76. The normalized spacial score (nSPS) is 21.0. The van der Waals surface area contributed by atoms with Gasteiger partial charge in [0.05, 0.1) is 6.20 Å². The summed E-state index contributed by atoms with van der Waals surface area (Å²) in [4.78, 5) is 15.2. The van der Waals surface area contributed by atoms with Crippen LogP contribution in [0.5, 0.6) is 0 Å². The maximum absolute atomic E-state index is 11.4. The first-order valence-electron chi connectivity index (χ1n) is 4.73. The van der Waals surface area contributed by atoms with Gasteiger partial charge in [-0.15, -0.1) is 0 Å². The topological polar surface area (TPSA) is 67.2 Å². The van der Waals surface area contributed by atoms with E-state index in [0.29, 0.717) is 18.2 Å². The lowest BCUT2D eigenvalue weighted by atomic mass is 10.1. The zero-order valence-corrected chi connectivity index (χ0v) is 7.82. The SMILES string of the molecule is O=C(CC1CCNC1)Nc1cnco1. The van der Waals surface area contributed by atoms with Crippen molar-refractivity contribution < 1.29 is 9.21 Å². The van der Waals surface area contributed by atoms with Gasteiger partial charge in [-0.05, 0) is 25.4 Å². The van der Waals surface area contributed by atoms with Crippen LogP contribution in [0.25, 0.3) is 0 Å². The van der Waals surface area contributed by atoms with Gasteiger partial charge in [0.2, 0.25) is 11.8 Å². The Bertz CT molecular complexity index is 291. The Hall–Kier alpha value is -1.36. The van der Waals surface area contributed by atoms with Crippen LogP contribution in [0.3, 0.4) is 0 Å². The average molecular weight is 195 g/mol. The molecule has 1 amide bonds. The van der Waals surface area contributed by atoms with E-state index >= 15 is 0 Å². The van der Waals surface area contributed by atoms with Crippen LogP contribution in [0.15, 0.2) is 17.0 Å². The van der Waals surface area contributed by atoms with Crippen LogP contribution < -0.4 is 10.6 Å². The number of carbonyl (C=O) groups excluding carboxylic acids is 1. The summed E-state index contributed by atoms with van der Waals surface area (Å²) in [6.07, 6.45) is 4.41. The molecule has 0 radical (unpaired) electrons. The summed E-state index contributed by atoms with van der Waals surface area (Å²) in [7, 11) is 0. The van der Waals surface area contributed by atoms with Crippen molar-refractivity contribution >= 4 is 11.8 Å². The van der Waals surface area contributed by atoms with Gasteiger partial charge < -0.3 is 9.73 Å². The number of amides is 1. The van der Waals surface area contributed by atoms with E-state index in [9.17, 15) is 4.79 Å². The molecular weight excluding hydrogens is 182 g/mol. The molecule has 0 aromatic carbocycles. The van der Waals surface area contributed by atoms with E-state index in [0.717, 1.165) is 19.5 Å². The van der Waals surface area contributed by atoms with Gasteiger partial charge in [0, 0.05) is 6.42 Å². The molecule has 1 aliphatic heterocycles. The molecule has 1 aromatic rings. The van der Waals surface area contributed by atoms with Gasteiger partial charge in [0.1, 0.15) is 0 Å². The van der Waals surface area contributed by atoms with Gasteiger partial charge in [-0.2, -0.15) is 0 Å². The maximum atomic E-state index is 11.4. The van der Waals surface area contributed by atoms with Gasteiger partial charge in [-0.1, -0.05) is 0 Å². The van der Waals surface area contributed by atoms with Gasteiger partial charge >= 0.3 is 0 Å². The Morgan fingerprint density at radius 3 is 3.36 bits per heavy atom. The molecule has 1 fully saturated rings. The summed E-state index contributed by atoms with van der Waals surface area (Å²) in [5.74, 6) is 0.870. The fourth-order valence-electron chi connectivity index (χ4n) is 1.62. The van der Waals surface area contributed by atoms with Crippen molar-refractivity contribution in [3.63, 3.8) is 0 Å². The highest BCUT2D eigenvalue weighted by Crippen LogP contribution is 2.13. The number of carbonyl (C=O) groups is 1. The lowest BCUT2D eigenvalue weighted by molar-refractivity contribution is -0.117. The molecule has 1 aliphatic rings. The van der Waals surface area contributed by atoms with E-state index in [-0.39, 0.29) is 5.91 Å². The van der Waals surface area contributed by atoms with E-state index < -0.39 is 0 Å². The van der Waals surface area contributed by atoms with Crippen molar-refractivity contribution in [1.29, 1.82) is 0 Å². The fraction of sp³-hybridized carbons (Fsp3) is 0.556. The quantitative estimate of drug-likeness (QED) is 0.741. The van der Waals surface area contributed by atoms with Crippen LogP contribution in [0.4, 0.5) is 5.88 Å². The number of rotatable bonds is 3. The predicted octanol–water partition coefficient (Wildman–Crippen LogP) is 0.613. The maximum Gasteiger partial charge on any atom is 0.227 e. The molecule has 2 rings (SSSR count). The Labute approximate surface area is 81.9 Å². The molecule has 14 heavy (non-hydrogen) atoms. The molecule has 5 nitrogen and oxygen atoms in total. The molecular formula is C9H13N3O2. The molecule has 1 saturated heterocycles. The largest absolute Gasteiger partial charge is 0.428 e. The second-order valence-corrected chi connectivity index (χ2v) is 3.48. The lowest BCUT2D eigenvalue weighted by Gasteiger charge is -2.06. The van der Waals surface area contributed by atoms with Crippen molar-refractivity contribution in [1.82, 2.24) is 10.3 Å². The number of hydrogen-bond donors (Lipinski definition) is 2. The molecule has 5 heteroatoms. The fourth-order valence-corrected chi connectivity index (χ4v) is 1.62. The Morgan fingerprint density at radius 1 is 1.79 bits per heavy atom. The lowest BCUT2D eigenvalue weighted by Crippen LogP contribution is -2.18. The predicted molar refractivity (Wildman–Crippen MR) is 50.7 cm³/mol. The standard InChI is InChI=1S/C9H13N3O2/c13-8(3-7-1-2-10-4-7)12-9-5-11-6-14-9/h5-7,10H,1-4H2,(H,12,13). The van der Waals surface area contributed by atoms with Crippen LogP contribution in [0.1, 0.15) is 12.8 Å². The van der Waals surface area contributed by atoms with Gasteiger partial charge in [-0.25, -0.2) is 4.98 Å². The summed E-state index contributed by atoms with van der Waals surface area (Å²) < 4.78 is 4.91. The number of nitrogens with zero attached hydrogens (tertiary/aromatic N) is 1. The summed E-state index contributed by atoms with van der Waals surface area (Å²) in [6, 6.07) is 0. The molecule has 0 aliphatic carbocycles. The van der Waals surface area contributed by atoms with Crippen molar-refractivity contribution in [2.45, 2.75) is 12.8 Å². The highest BCUT2D eigenvalue weighted by atomic mass is 16.4. The van der Waals surface area contributed by atoms with Crippen LogP contribution >= 0.6 is 0 Å². The first kappa shape index (κ1) is 9.21. The van der Waals surface area contributed by atoms with Crippen LogP contribution in [-0.2, 0) is 4.79 Å². The number of oxazole rings is 1. The molecule has 2 N–H and O–H groups in total. The minimum absolute atomic E-state index is 0.00421. The van der Waals surface area contributed by atoms with Crippen molar-refractivity contribution in [3.8, 4) is 0 Å². The molecule has 0 spiro atoms. The van der Waals surface area contributed by atoms with Crippen molar-refractivity contribution in [3.05, 3.63) is 12.6 Å². The number of nitrogens with one attached hydrogen (secondary N) is 2. The molecule has 0 saturated carbocycles. The molecule has 1 unspecified atom stereocenters. The smallest absolute Gasteiger partial charge is 0.227 e.